The van der Waals surface area contributed by atoms with Crippen LogP contribution in [0.25, 0.3) is 0 Å². The highest BCUT2D eigenvalue weighted by molar-refractivity contribution is 8.18. The zero-order valence-electron chi connectivity index (χ0n) is 14.6. The Morgan fingerprint density at radius 3 is 2.32 bits per heavy atom. The van der Waals surface area contributed by atoms with E-state index in [1.165, 1.54) is 0 Å². The van der Waals surface area contributed by atoms with Gasteiger partial charge in [0.15, 0.2) is 5.78 Å². The molecule has 0 aromatic rings. The predicted molar refractivity (Wildman–Crippen MR) is 96.9 cm³/mol. The lowest BCUT2D eigenvalue weighted by Gasteiger charge is -2.23. The lowest BCUT2D eigenvalue weighted by Crippen LogP contribution is -2.46. The maximum absolute atomic E-state index is 12.4. The van der Waals surface area contributed by atoms with Crippen molar-refractivity contribution in [2.24, 2.45) is 16.6 Å². The van der Waals surface area contributed by atoms with Crippen molar-refractivity contribution in [1.29, 1.82) is 0 Å². The number of rotatable bonds is 7. The fourth-order valence-corrected chi connectivity index (χ4v) is 5.40. The van der Waals surface area contributed by atoms with Gasteiger partial charge in [0.1, 0.15) is 10.5 Å². The molecule has 0 amide bonds. The van der Waals surface area contributed by atoms with Gasteiger partial charge in [-0.1, -0.05) is 48.0 Å². The Hall–Kier alpha value is -0.0400. The molecule has 4 nitrogen and oxygen atoms in total. The second-order valence-electron chi connectivity index (χ2n) is 7.56. The molecular weight excluding hydrogens is 316 g/mol. The number of carbonyl (C=O) groups is 2. The summed E-state index contributed by atoms with van der Waals surface area (Å²) in [5, 5.41) is 2.99. The fourth-order valence-electron chi connectivity index (χ4n) is 2.35. The maximum Gasteiger partial charge on any atom is 0.154 e. The standard InChI is InChI=1S/C16H30N2O2S2/c1-7-8-16(5,6)10(19)9-21-14-18-13(17)11(22-14)12(20)15(2,3)4/h11,13-14,18H,7-9,17H2,1-6H3. The summed E-state index contributed by atoms with van der Waals surface area (Å²) in [5.74, 6) is 0.889. The summed E-state index contributed by atoms with van der Waals surface area (Å²) in [4.78, 5) is 24.7. The topological polar surface area (TPSA) is 72.2 Å². The second kappa shape index (κ2) is 7.69. The number of hydrogen-bond donors (Lipinski definition) is 2. The van der Waals surface area contributed by atoms with Crippen molar-refractivity contribution in [3.63, 3.8) is 0 Å². The minimum absolute atomic E-state index is 0.00711. The molecule has 1 aliphatic heterocycles. The summed E-state index contributed by atoms with van der Waals surface area (Å²) in [6.45, 7) is 11.9. The minimum atomic E-state index is -0.393. The van der Waals surface area contributed by atoms with Gasteiger partial charge in [-0.15, -0.1) is 23.5 Å². The second-order valence-corrected chi connectivity index (χ2v) is 10.2. The first-order chi connectivity index (χ1) is 9.99. The van der Waals surface area contributed by atoms with Crippen LogP contribution in [0.5, 0.6) is 0 Å². The molecule has 0 aromatic heterocycles. The molecule has 0 aliphatic carbocycles. The highest BCUT2D eigenvalue weighted by Gasteiger charge is 2.41. The smallest absolute Gasteiger partial charge is 0.154 e. The van der Waals surface area contributed by atoms with Gasteiger partial charge in [-0.05, 0) is 6.42 Å². The Morgan fingerprint density at radius 1 is 1.23 bits per heavy atom. The number of Topliss-reactive ketones (excluding diaryl/α,β-unsaturated/α-hetero) is 2. The third-order valence-electron chi connectivity index (χ3n) is 3.92. The molecule has 3 unspecified atom stereocenters. The van der Waals surface area contributed by atoms with E-state index in [2.05, 4.69) is 12.2 Å². The van der Waals surface area contributed by atoms with Crippen LogP contribution in [-0.2, 0) is 9.59 Å². The van der Waals surface area contributed by atoms with E-state index in [0.29, 0.717) is 5.75 Å². The van der Waals surface area contributed by atoms with Crippen molar-refractivity contribution in [2.75, 3.05) is 5.75 Å². The summed E-state index contributed by atoms with van der Waals surface area (Å²) >= 11 is 3.10. The number of ketones is 2. The van der Waals surface area contributed by atoms with E-state index >= 15 is 0 Å². The number of thioether (sulfide) groups is 2. The molecule has 6 heteroatoms. The third-order valence-corrected chi connectivity index (χ3v) is 6.71. The van der Waals surface area contributed by atoms with Crippen LogP contribution >= 0.6 is 23.5 Å². The third kappa shape index (κ3) is 5.25. The van der Waals surface area contributed by atoms with Crippen molar-refractivity contribution < 1.29 is 9.59 Å². The van der Waals surface area contributed by atoms with E-state index in [9.17, 15) is 9.59 Å². The predicted octanol–water partition coefficient (Wildman–Crippen LogP) is 3.00. The van der Waals surface area contributed by atoms with Crippen molar-refractivity contribution in [2.45, 2.75) is 70.5 Å². The summed E-state index contributed by atoms with van der Waals surface area (Å²) in [7, 11) is 0. The minimum Gasteiger partial charge on any atom is -0.315 e. The molecule has 0 spiro atoms. The first-order valence-corrected chi connectivity index (χ1v) is 9.84. The van der Waals surface area contributed by atoms with Crippen LogP contribution in [-0.4, -0.2) is 33.4 Å². The average Bonchev–Trinajstić information content (AvgIpc) is 2.74. The van der Waals surface area contributed by atoms with Gasteiger partial charge < -0.3 is 5.73 Å². The lowest BCUT2D eigenvalue weighted by atomic mass is 9.84. The molecular formula is C16H30N2O2S2. The van der Waals surface area contributed by atoms with Crippen LogP contribution in [0.4, 0.5) is 0 Å². The fraction of sp³-hybridized carbons (Fsp3) is 0.875. The summed E-state index contributed by atoms with van der Waals surface area (Å²) in [5.41, 5.74) is 5.39. The van der Waals surface area contributed by atoms with Crippen LogP contribution in [0, 0.1) is 10.8 Å². The van der Waals surface area contributed by atoms with Crippen molar-refractivity contribution >= 4 is 35.1 Å². The number of hydrogen-bond acceptors (Lipinski definition) is 6. The molecule has 0 radical (unpaired) electrons. The molecule has 1 heterocycles. The summed E-state index contributed by atoms with van der Waals surface area (Å²) in [6, 6.07) is 0. The van der Waals surface area contributed by atoms with Gasteiger partial charge in [0.05, 0.1) is 17.2 Å². The number of carbonyl (C=O) groups excluding carboxylic acids is 2. The SMILES string of the molecule is CCCC(C)(C)C(=O)CSC1NC(N)C(C(=O)C(C)(C)C)S1. The van der Waals surface area contributed by atoms with Crippen LogP contribution in [0.15, 0.2) is 0 Å². The molecule has 3 atom stereocenters. The Labute approximate surface area is 143 Å². The van der Waals surface area contributed by atoms with Gasteiger partial charge in [0.25, 0.3) is 0 Å². The quantitative estimate of drug-likeness (QED) is 0.738. The molecule has 1 saturated heterocycles. The Balaban J connectivity index is 2.54. The van der Waals surface area contributed by atoms with Gasteiger partial charge in [-0.3, -0.25) is 14.9 Å². The van der Waals surface area contributed by atoms with E-state index in [1.807, 2.05) is 34.6 Å². The van der Waals surface area contributed by atoms with E-state index in [-0.39, 0.29) is 33.1 Å². The Kier molecular flexibility index (Phi) is 6.99. The molecule has 0 aromatic carbocycles. The van der Waals surface area contributed by atoms with E-state index < -0.39 is 5.41 Å². The van der Waals surface area contributed by atoms with Crippen molar-refractivity contribution in [3.05, 3.63) is 0 Å². The van der Waals surface area contributed by atoms with Crippen molar-refractivity contribution in [1.82, 2.24) is 5.32 Å². The molecule has 0 bridgehead atoms. The first-order valence-electron chi connectivity index (χ1n) is 7.85. The van der Waals surface area contributed by atoms with Gasteiger partial charge in [0, 0.05) is 10.8 Å². The van der Waals surface area contributed by atoms with E-state index in [4.69, 9.17) is 5.73 Å². The molecule has 22 heavy (non-hydrogen) atoms. The number of nitrogens with two attached hydrogens (primary N) is 1. The molecule has 0 saturated carbocycles. The molecule has 3 N–H and O–H groups in total. The maximum atomic E-state index is 12.4. The van der Waals surface area contributed by atoms with Crippen LogP contribution in [0.3, 0.4) is 0 Å². The zero-order chi connectivity index (χ0) is 17.1. The highest BCUT2D eigenvalue weighted by atomic mass is 32.2. The molecule has 1 rings (SSSR count). The highest BCUT2D eigenvalue weighted by Crippen LogP contribution is 2.37. The molecule has 1 aliphatic rings. The average molecular weight is 347 g/mol. The Bertz CT molecular complexity index is 419. The monoisotopic (exact) mass is 346 g/mol. The normalized spacial score (nSPS) is 26.2. The number of nitrogens with one attached hydrogen (secondary N) is 1. The Morgan fingerprint density at radius 2 is 1.82 bits per heavy atom. The largest absolute Gasteiger partial charge is 0.315 e. The van der Waals surface area contributed by atoms with Gasteiger partial charge in [-0.2, -0.15) is 0 Å². The van der Waals surface area contributed by atoms with Gasteiger partial charge in [-0.25, -0.2) is 0 Å². The van der Waals surface area contributed by atoms with Gasteiger partial charge >= 0.3 is 0 Å². The lowest BCUT2D eigenvalue weighted by molar-refractivity contribution is -0.126. The van der Waals surface area contributed by atoms with Crippen LogP contribution in [0.2, 0.25) is 0 Å². The van der Waals surface area contributed by atoms with Gasteiger partial charge in [0.2, 0.25) is 0 Å². The van der Waals surface area contributed by atoms with E-state index in [1.54, 1.807) is 23.5 Å². The van der Waals surface area contributed by atoms with E-state index in [0.717, 1.165) is 12.8 Å². The van der Waals surface area contributed by atoms with Crippen molar-refractivity contribution in [3.8, 4) is 0 Å². The summed E-state index contributed by atoms with van der Waals surface area (Å²) in [6.07, 6.45) is 1.57. The molecule has 1 fully saturated rings. The van der Waals surface area contributed by atoms with Crippen LogP contribution in [0.1, 0.15) is 54.4 Å². The zero-order valence-corrected chi connectivity index (χ0v) is 16.2. The first kappa shape index (κ1) is 20.0. The molecule has 128 valence electrons. The van der Waals surface area contributed by atoms with Crippen LogP contribution < -0.4 is 11.1 Å². The summed E-state index contributed by atoms with van der Waals surface area (Å²) < 4.78 is 0.00711.